The van der Waals surface area contributed by atoms with Gasteiger partial charge in [-0.2, -0.15) is 0 Å². The van der Waals surface area contributed by atoms with Crippen LogP contribution in [0.1, 0.15) is 52.2 Å². The lowest BCUT2D eigenvalue weighted by Gasteiger charge is -2.22. The maximum atomic E-state index is 6.13. The smallest absolute Gasteiger partial charge is 0.0949 e. The Hall–Kier alpha value is -0.570. The molecule has 0 heterocycles. The second-order valence-electron chi connectivity index (χ2n) is 5.83. The van der Waals surface area contributed by atoms with E-state index in [0.29, 0.717) is 12.0 Å². The van der Waals surface area contributed by atoms with E-state index in [1.807, 2.05) is 18.2 Å². The Morgan fingerprint density at radius 1 is 1.25 bits per heavy atom. The van der Waals surface area contributed by atoms with Crippen LogP contribution in [0.2, 0.25) is 5.02 Å². The van der Waals surface area contributed by atoms with Crippen LogP contribution in [0.4, 0.5) is 0 Å². The van der Waals surface area contributed by atoms with Crippen molar-refractivity contribution in [2.24, 2.45) is 5.92 Å². The summed E-state index contributed by atoms with van der Waals surface area (Å²) in [4.78, 5) is 0. The van der Waals surface area contributed by atoms with E-state index >= 15 is 0 Å². The molecule has 0 aliphatic heterocycles. The van der Waals surface area contributed by atoms with E-state index in [4.69, 9.17) is 16.3 Å². The van der Waals surface area contributed by atoms with Gasteiger partial charge in [0, 0.05) is 17.6 Å². The first kappa shape index (κ1) is 17.5. The lowest BCUT2D eigenvalue weighted by Crippen LogP contribution is -2.29. The maximum absolute atomic E-state index is 6.13. The molecule has 114 valence electrons. The monoisotopic (exact) mass is 297 g/mol. The quantitative estimate of drug-likeness (QED) is 0.705. The standard InChI is InChI=1S/C17H28ClNO/c1-5-7-14(4)12-20-17(11-19-13(2)3)15-8-6-9-16(18)10-15/h6,8-10,13-14,17,19H,5,7,11-12H2,1-4H3. The summed E-state index contributed by atoms with van der Waals surface area (Å²) in [5.41, 5.74) is 1.15. The van der Waals surface area contributed by atoms with Gasteiger partial charge in [0.2, 0.25) is 0 Å². The molecule has 1 rings (SSSR count). The lowest BCUT2D eigenvalue weighted by atomic mass is 10.1. The molecule has 0 aliphatic carbocycles. The topological polar surface area (TPSA) is 21.3 Å². The summed E-state index contributed by atoms with van der Waals surface area (Å²) in [6, 6.07) is 8.42. The highest BCUT2D eigenvalue weighted by atomic mass is 35.5. The molecule has 20 heavy (non-hydrogen) atoms. The Bertz CT molecular complexity index is 381. The molecule has 2 atom stereocenters. The number of benzene rings is 1. The first-order valence-electron chi connectivity index (χ1n) is 7.63. The van der Waals surface area contributed by atoms with Crippen molar-refractivity contribution >= 4 is 11.6 Å². The van der Waals surface area contributed by atoms with Crippen molar-refractivity contribution in [1.82, 2.24) is 5.32 Å². The Morgan fingerprint density at radius 2 is 2.00 bits per heavy atom. The van der Waals surface area contributed by atoms with Crippen molar-refractivity contribution in [3.8, 4) is 0 Å². The van der Waals surface area contributed by atoms with Crippen molar-refractivity contribution in [2.75, 3.05) is 13.2 Å². The first-order valence-corrected chi connectivity index (χ1v) is 8.01. The van der Waals surface area contributed by atoms with Gasteiger partial charge in [-0.05, 0) is 30.0 Å². The molecule has 2 nitrogen and oxygen atoms in total. The molecule has 0 aliphatic rings. The largest absolute Gasteiger partial charge is 0.372 e. The molecule has 0 amide bonds. The minimum atomic E-state index is 0.0652. The third kappa shape index (κ3) is 6.74. The summed E-state index contributed by atoms with van der Waals surface area (Å²) in [5, 5.41) is 4.22. The Balaban J connectivity index is 2.64. The van der Waals surface area contributed by atoms with Crippen LogP contribution < -0.4 is 5.32 Å². The molecule has 0 saturated carbocycles. The fourth-order valence-corrected chi connectivity index (χ4v) is 2.38. The van der Waals surface area contributed by atoms with Gasteiger partial charge in [0.25, 0.3) is 0 Å². The Labute approximate surface area is 128 Å². The molecule has 1 aromatic rings. The number of hydrogen-bond acceptors (Lipinski definition) is 2. The molecule has 2 unspecified atom stereocenters. The summed E-state index contributed by atoms with van der Waals surface area (Å²) >= 11 is 6.09. The van der Waals surface area contributed by atoms with Crippen molar-refractivity contribution in [3.05, 3.63) is 34.9 Å². The molecule has 1 N–H and O–H groups in total. The normalized spacial score (nSPS) is 14.5. The number of ether oxygens (including phenoxy) is 1. The first-order chi connectivity index (χ1) is 9.52. The van der Waals surface area contributed by atoms with Gasteiger partial charge in [0.1, 0.15) is 0 Å². The summed E-state index contributed by atoms with van der Waals surface area (Å²) < 4.78 is 6.13. The molecular weight excluding hydrogens is 270 g/mol. The van der Waals surface area contributed by atoms with Crippen LogP contribution in [0.5, 0.6) is 0 Å². The average Bonchev–Trinajstić information content (AvgIpc) is 2.38. The van der Waals surface area contributed by atoms with Gasteiger partial charge in [-0.3, -0.25) is 0 Å². The SMILES string of the molecule is CCCC(C)COC(CNC(C)C)c1cccc(Cl)c1. The van der Waals surface area contributed by atoms with E-state index < -0.39 is 0 Å². The summed E-state index contributed by atoms with van der Waals surface area (Å²) in [7, 11) is 0. The highest BCUT2D eigenvalue weighted by Crippen LogP contribution is 2.22. The van der Waals surface area contributed by atoms with Crippen LogP contribution in [-0.4, -0.2) is 19.2 Å². The van der Waals surface area contributed by atoms with Gasteiger partial charge >= 0.3 is 0 Å². The number of nitrogens with one attached hydrogen (secondary N) is 1. The van der Waals surface area contributed by atoms with Gasteiger partial charge < -0.3 is 10.1 Å². The minimum absolute atomic E-state index is 0.0652. The predicted octanol–water partition coefficient (Wildman–Crippen LogP) is 4.83. The van der Waals surface area contributed by atoms with Crippen molar-refractivity contribution < 1.29 is 4.74 Å². The second-order valence-corrected chi connectivity index (χ2v) is 6.27. The fraction of sp³-hybridized carbons (Fsp3) is 0.647. The molecule has 0 radical (unpaired) electrons. The number of hydrogen-bond donors (Lipinski definition) is 1. The van der Waals surface area contributed by atoms with Crippen molar-refractivity contribution in [2.45, 2.75) is 52.7 Å². The molecule has 0 spiro atoms. The van der Waals surface area contributed by atoms with E-state index in [1.165, 1.54) is 12.8 Å². The molecule has 0 fully saturated rings. The van der Waals surface area contributed by atoms with E-state index in [-0.39, 0.29) is 6.10 Å². The molecule has 0 saturated heterocycles. The van der Waals surface area contributed by atoms with Crippen LogP contribution in [0.25, 0.3) is 0 Å². The number of rotatable bonds is 9. The fourth-order valence-electron chi connectivity index (χ4n) is 2.18. The minimum Gasteiger partial charge on any atom is -0.372 e. The maximum Gasteiger partial charge on any atom is 0.0949 e. The number of halogens is 1. The van der Waals surface area contributed by atoms with E-state index in [9.17, 15) is 0 Å². The summed E-state index contributed by atoms with van der Waals surface area (Å²) in [6.45, 7) is 10.4. The third-order valence-corrected chi connectivity index (χ3v) is 3.53. The molecule has 3 heteroatoms. The predicted molar refractivity (Wildman–Crippen MR) is 87.4 cm³/mol. The lowest BCUT2D eigenvalue weighted by molar-refractivity contribution is 0.0289. The van der Waals surface area contributed by atoms with Crippen molar-refractivity contribution in [3.63, 3.8) is 0 Å². The molecule has 0 bridgehead atoms. The van der Waals surface area contributed by atoms with E-state index in [2.05, 4.69) is 39.1 Å². The van der Waals surface area contributed by atoms with Crippen LogP contribution in [0.15, 0.2) is 24.3 Å². The van der Waals surface area contributed by atoms with Crippen LogP contribution in [0, 0.1) is 5.92 Å². The molecule has 1 aromatic carbocycles. The summed E-state index contributed by atoms with van der Waals surface area (Å²) in [5.74, 6) is 0.598. The molecule has 0 aromatic heterocycles. The zero-order chi connectivity index (χ0) is 15.0. The van der Waals surface area contributed by atoms with Crippen molar-refractivity contribution in [1.29, 1.82) is 0 Å². The zero-order valence-electron chi connectivity index (χ0n) is 13.2. The van der Waals surface area contributed by atoms with E-state index in [0.717, 1.165) is 23.7 Å². The van der Waals surface area contributed by atoms with Gasteiger partial charge in [0.05, 0.1) is 12.7 Å². The van der Waals surface area contributed by atoms with Crippen LogP contribution in [0.3, 0.4) is 0 Å². The zero-order valence-corrected chi connectivity index (χ0v) is 13.9. The van der Waals surface area contributed by atoms with Gasteiger partial charge in [-0.1, -0.05) is 57.8 Å². The van der Waals surface area contributed by atoms with Gasteiger partial charge in [0.15, 0.2) is 0 Å². The summed E-state index contributed by atoms with van der Waals surface area (Å²) in [6.07, 6.45) is 2.48. The van der Waals surface area contributed by atoms with Gasteiger partial charge in [-0.25, -0.2) is 0 Å². The van der Waals surface area contributed by atoms with Crippen LogP contribution in [-0.2, 0) is 4.74 Å². The Kier molecular flexibility index (Phi) is 8.20. The highest BCUT2D eigenvalue weighted by molar-refractivity contribution is 6.30. The van der Waals surface area contributed by atoms with Crippen LogP contribution >= 0.6 is 11.6 Å². The molecular formula is C17H28ClNO. The van der Waals surface area contributed by atoms with Gasteiger partial charge in [-0.15, -0.1) is 0 Å². The second kappa shape index (κ2) is 9.38. The Morgan fingerprint density at radius 3 is 2.60 bits per heavy atom. The average molecular weight is 298 g/mol. The van der Waals surface area contributed by atoms with E-state index in [1.54, 1.807) is 0 Å². The third-order valence-electron chi connectivity index (χ3n) is 3.30. The highest BCUT2D eigenvalue weighted by Gasteiger charge is 2.14.